The minimum absolute atomic E-state index is 0.0703. The van der Waals surface area contributed by atoms with E-state index in [2.05, 4.69) is 10.6 Å². The Labute approximate surface area is 111 Å². The van der Waals surface area contributed by atoms with Crippen molar-refractivity contribution in [1.29, 1.82) is 0 Å². The van der Waals surface area contributed by atoms with Crippen molar-refractivity contribution in [2.24, 2.45) is 5.92 Å². The van der Waals surface area contributed by atoms with Crippen LogP contribution in [0.1, 0.15) is 52.4 Å². The molecule has 4 heteroatoms. The first kappa shape index (κ1) is 15.4. The number of aliphatic hydroxyl groups is 1. The second kappa shape index (κ2) is 7.74. The number of rotatable bonds is 7. The van der Waals surface area contributed by atoms with E-state index >= 15 is 0 Å². The quantitative estimate of drug-likeness (QED) is 0.646. The topological polar surface area (TPSA) is 61.4 Å². The van der Waals surface area contributed by atoms with Gasteiger partial charge in [0.1, 0.15) is 0 Å². The minimum Gasteiger partial charge on any atom is -0.388 e. The monoisotopic (exact) mass is 256 g/mol. The lowest BCUT2D eigenvalue weighted by atomic mass is 9.94. The number of hydrogen-bond acceptors (Lipinski definition) is 3. The van der Waals surface area contributed by atoms with Gasteiger partial charge in [-0.2, -0.15) is 0 Å². The van der Waals surface area contributed by atoms with Gasteiger partial charge in [-0.1, -0.05) is 13.8 Å². The highest BCUT2D eigenvalue weighted by Gasteiger charge is 2.23. The van der Waals surface area contributed by atoms with Crippen LogP contribution in [0, 0.1) is 5.92 Å². The molecule has 1 atom stereocenters. The second-order valence-corrected chi connectivity index (χ2v) is 5.46. The molecule has 1 fully saturated rings. The van der Waals surface area contributed by atoms with Gasteiger partial charge in [-0.05, 0) is 51.1 Å². The van der Waals surface area contributed by atoms with E-state index in [1.807, 2.05) is 13.8 Å². The van der Waals surface area contributed by atoms with Crippen LogP contribution in [0.15, 0.2) is 0 Å². The van der Waals surface area contributed by atoms with Crippen LogP contribution in [0.5, 0.6) is 0 Å². The predicted molar refractivity (Wildman–Crippen MR) is 73.4 cm³/mol. The molecule has 0 saturated carbocycles. The molecule has 3 N–H and O–H groups in total. The van der Waals surface area contributed by atoms with Crippen LogP contribution in [-0.2, 0) is 4.79 Å². The summed E-state index contributed by atoms with van der Waals surface area (Å²) in [5, 5.41) is 16.3. The Morgan fingerprint density at radius 2 is 2.17 bits per heavy atom. The lowest BCUT2D eigenvalue weighted by Gasteiger charge is -2.26. The number of amides is 1. The van der Waals surface area contributed by atoms with Gasteiger partial charge in [-0.15, -0.1) is 0 Å². The standard InChI is InChI=1S/C14H28N2O2/c1-3-14(18,4-2)11-16-13(17)8-7-12-6-5-9-15-10-12/h12,15,18H,3-11H2,1-2H3,(H,16,17). The second-order valence-electron chi connectivity index (χ2n) is 5.46. The van der Waals surface area contributed by atoms with Gasteiger partial charge in [0.25, 0.3) is 0 Å². The summed E-state index contributed by atoms with van der Waals surface area (Å²) in [5.41, 5.74) is -0.734. The Morgan fingerprint density at radius 3 is 2.72 bits per heavy atom. The molecule has 1 rings (SSSR count). The van der Waals surface area contributed by atoms with E-state index in [4.69, 9.17) is 0 Å². The van der Waals surface area contributed by atoms with Crippen molar-refractivity contribution in [3.05, 3.63) is 0 Å². The molecule has 4 nitrogen and oxygen atoms in total. The van der Waals surface area contributed by atoms with Crippen LogP contribution < -0.4 is 10.6 Å². The molecule has 18 heavy (non-hydrogen) atoms. The molecular formula is C14H28N2O2. The van der Waals surface area contributed by atoms with E-state index in [-0.39, 0.29) is 5.91 Å². The molecule has 0 aromatic rings. The van der Waals surface area contributed by atoms with Gasteiger partial charge >= 0.3 is 0 Å². The lowest BCUT2D eigenvalue weighted by Crippen LogP contribution is -2.42. The Hall–Kier alpha value is -0.610. The largest absolute Gasteiger partial charge is 0.388 e. The number of piperidine rings is 1. The normalized spacial score (nSPS) is 20.7. The van der Waals surface area contributed by atoms with Gasteiger partial charge < -0.3 is 15.7 Å². The Balaban J connectivity index is 2.17. The van der Waals surface area contributed by atoms with E-state index in [0.29, 0.717) is 31.7 Å². The third-order valence-corrected chi connectivity index (χ3v) is 4.11. The summed E-state index contributed by atoms with van der Waals surface area (Å²) in [4.78, 5) is 11.7. The highest BCUT2D eigenvalue weighted by molar-refractivity contribution is 5.75. The van der Waals surface area contributed by atoms with E-state index in [0.717, 1.165) is 19.5 Å². The molecule has 1 amide bonds. The van der Waals surface area contributed by atoms with Gasteiger partial charge in [0.15, 0.2) is 0 Å². The van der Waals surface area contributed by atoms with Crippen LogP contribution in [0.4, 0.5) is 0 Å². The molecule has 1 heterocycles. The van der Waals surface area contributed by atoms with Crippen molar-refractivity contribution < 1.29 is 9.90 Å². The molecule has 0 aromatic heterocycles. The molecular weight excluding hydrogens is 228 g/mol. The first-order chi connectivity index (χ1) is 8.59. The minimum atomic E-state index is -0.734. The van der Waals surface area contributed by atoms with Crippen LogP contribution in [0.3, 0.4) is 0 Å². The summed E-state index contributed by atoms with van der Waals surface area (Å²) >= 11 is 0. The SMILES string of the molecule is CCC(O)(CC)CNC(=O)CCC1CCCNC1. The van der Waals surface area contributed by atoms with E-state index in [9.17, 15) is 9.90 Å². The van der Waals surface area contributed by atoms with Crippen molar-refractivity contribution in [3.63, 3.8) is 0 Å². The zero-order valence-corrected chi connectivity index (χ0v) is 11.8. The van der Waals surface area contributed by atoms with Crippen molar-refractivity contribution in [3.8, 4) is 0 Å². The van der Waals surface area contributed by atoms with E-state index in [1.165, 1.54) is 12.8 Å². The summed E-state index contributed by atoms with van der Waals surface area (Å²) in [6.45, 7) is 6.43. The van der Waals surface area contributed by atoms with E-state index < -0.39 is 5.60 Å². The van der Waals surface area contributed by atoms with Crippen LogP contribution in [0.25, 0.3) is 0 Å². The highest BCUT2D eigenvalue weighted by Crippen LogP contribution is 2.16. The maximum Gasteiger partial charge on any atom is 0.220 e. The molecule has 1 aliphatic heterocycles. The first-order valence-corrected chi connectivity index (χ1v) is 7.29. The van der Waals surface area contributed by atoms with Gasteiger partial charge in [0.2, 0.25) is 5.91 Å². The molecule has 1 aliphatic rings. The van der Waals surface area contributed by atoms with Gasteiger partial charge in [0.05, 0.1) is 5.60 Å². The summed E-state index contributed by atoms with van der Waals surface area (Å²) in [5.74, 6) is 0.710. The van der Waals surface area contributed by atoms with Gasteiger partial charge in [-0.3, -0.25) is 4.79 Å². The molecule has 0 aromatic carbocycles. The fourth-order valence-corrected chi connectivity index (χ4v) is 2.36. The van der Waals surface area contributed by atoms with Crippen molar-refractivity contribution in [2.45, 2.75) is 58.0 Å². The third-order valence-electron chi connectivity index (χ3n) is 4.11. The molecule has 0 radical (unpaired) electrons. The average molecular weight is 256 g/mol. The summed E-state index contributed by atoms with van der Waals surface area (Å²) in [7, 11) is 0. The van der Waals surface area contributed by atoms with Crippen molar-refractivity contribution in [1.82, 2.24) is 10.6 Å². The summed E-state index contributed by atoms with van der Waals surface area (Å²) < 4.78 is 0. The highest BCUT2D eigenvalue weighted by atomic mass is 16.3. The molecule has 106 valence electrons. The van der Waals surface area contributed by atoms with E-state index in [1.54, 1.807) is 0 Å². The maximum atomic E-state index is 11.7. The first-order valence-electron chi connectivity index (χ1n) is 7.29. The zero-order chi connectivity index (χ0) is 13.4. The van der Waals surface area contributed by atoms with Crippen LogP contribution >= 0.6 is 0 Å². The maximum absolute atomic E-state index is 11.7. The molecule has 1 unspecified atom stereocenters. The number of hydrogen-bond donors (Lipinski definition) is 3. The Kier molecular flexibility index (Phi) is 6.65. The van der Waals surface area contributed by atoms with Crippen molar-refractivity contribution >= 4 is 5.91 Å². The summed E-state index contributed by atoms with van der Waals surface area (Å²) in [6, 6.07) is 0. The molecule has 0 spiro atoms. The Bertz CT molecular complexity index is 246. The Morgan fingerprint density at radius 1 is 1.44 bits per heavy atom. The summed E-state index contributed by atoms with van der Waals surface area (Å²) in [6.07, 6.45) is 5.34. The zero-order valence-electron chi connectivity index (χ0n) is 11.8. The number of carbonyl (C=O) groups excluding carboxylic acids is 1. The van der Waals surface area contributed by atoms with Crippen molar-refractivity contribution in [2.75, 3.05) is 19.6 Å². The number of nitrogens with one attached hydrogen (secondary N) is 2. The average Bonchev–Trinajstić information content (AvgIpc) is 2.43. The van der Waals surface area contributed by atoms with Gasteiger partial charge in [-0.25, -0.2) is 0 Å². The van der Waals surface area contributed by atoms with Crippen LogP contribution in [-0.4, -0.2) is 36.2 Å². The van der Waals surface area contributed by atoms with Gasteiger partial charge in [0, 0.05) is 13.0 Å². The predicted octanol–water partition coefficient (Wildman–Crippen LogP) is 1.43. The smallest absolute Gasteiger partial charge is 0.220 e. The number of carbonyl (C=O) groups is 1. The molecule has 1 saturated heterocycles. The van der Waals surface area contributed by atoms with Crippen LogP contribution in [0.2, 0.25) is 0 Å². The molecule has 0 aliphatic carbocycles. The third kappa shape index (κ3) is 5.36. The lowest BCUT2D eigenvalue weighted by molar-refractivity contribution is -0.122. The fraction of sp³-hybridized carbons (Fsp3) is 0.929. The fourth-order valence-electron chi connectivity index (χ4n) is 2.36. The molecule has 0 bridgehead atoms.